The zero-order chi connectivity index (χ0) is 16.1. The average molecular weight is 336 g/mol. The Hall–Kier alpha value is -1.71. The predicted octanol–water partition coefficient (Wildman–Crippen LogP) is 5.66. The van der Waals surface area contributed by atoms with Crippen molar-refractivity contribution >= 4 is 46.6 Å². The van der Waals surface area contributed by atoms with Crippen LogP contribution in [0.3, 0.4) is 0 Å². The number of nitrogens with one attached hydrogen (secondary N) is 1. The van der Waals surface area contributed by atoms with E-state index in [9.17, 15) is 0 Å². The van der Waals surface area contributed by atoms with E-state index in [-0.39, 0.29) is 0 Å². The number of halogens is 2. The van der Waals surface area contributed by atoms with Crippen LogP contribution in [0, 0.1) is 6.92 Å². The summed E-state index contributed by atoms with van der Waals surface area (Å²) >= 11 is 12.5. The first-order valence-electron chi connectivity index (χ1n) is 7.06. The van der Waals surface area contributed by atoms with Crippen LogP contribution in [0.1, 0.15) is 12.5 Å². The van der Waals surface area contributed by atoms with Crippen LogP contribution in [0.5, 0.6) is 0 Å². The minimum absolute atomic E-state index is 0.589. The molecular formula is C17H19Cl2N3. The molecule has 0 saturated carbocycles. The molecule has 5 heteroatoms. The van der Waals surface area contributed by atoms with Crippen LogP contribution in [-0.4, -0.2) is 24.8 Å². The van der Waals surface area contributed by atoms with Crippen LogP contribution in [0.15, 0.2) is 41.4 Å². The maximum absolute atomic E-state index is 6.47. The highest BCUT2D eigenvalue weighted by molar-refractivity contribution is 6.36. The van der Waals surface area contributed by atoms with Gasteiger partial charge in [-0.3, -0.25) is 0 Å². The lowest BCUT2D eigenvalue weighted by molar-refractivity contribution is 0.552. The van der Waals surface area contributed by atoms with Crippen molar-refractivity contribution in [3.8, 4) is 0 Å². The molecule has 0 amide bonds. The predicted molar refractivity (Wildman–Crippen MR) is 97.4 cm³/mol. The molecule has 0 aliphatic rings. The van der Waals surface area contributed by atoms with E-state index in [1.807, 2.05) is 55.3 Å². The standard InChI is InChI=1S/C17H19Cl2N3/c1-4-22(3)11-20-15-8-12(2)9-16(17(15)19)21-14-7-5-6-13(18)10-14/h5-11,21H,4H2,1-3H3/b20-11-. The Morgan fingerprint density at radius 2 is 2.00 bits per heavy atom. The highest BCUT2D eigenvalue weighted by Gasteiger charge is 2.08. The lowest BCUT2D eigenvalue weighted by atomic mass is 10.2. The van der Waals surface area contributed by atoms with Crippen LogP contribution >= 0.6 is 23.2 Å². The molecule has 0 aliphatic carbocycles. The van der Waals surface area contributed by atoms with Crippen LogP contribution < -0.4 is 5.32 Å². The fourth-order valence-corrected chi connectivity index (χ4v) is 2.29. The monoisotopic (exact) mass is 335 g/mol. The Labute approximate surface area is 141 Å². The number of hydrogen-bond donors (Lipinski definition) is 1. The van der Waals surface area contributed by atoms with Gasteiger partial charge in [0.05, 0.1) is 22.7 Å². The number of nitrogens with zero attached hydrogens (tertiary/aromatic N) is 2. The highest BCUT2D eigenvalue weighted by atomic mass is 35.5. The third-order valence-electron chi connectivity index (χ3n) is 3.19. The summed E-state index contributed by atoms with van der Waals surface area (Å²) in [5.41, 5.74) is 3.53. The van der Waals surface area contributed by atoms with Crippen molar-refractivity contribution in [2.75, 3.05) is 18.9 Å². The molecule has 116 valence electrons. The summed E-state index contributed by atoms with van der Waals surface area (Å²) in [6.07, 6.45) is 1.78. The maximum atomic E-state index is 6.47. The largest absolute Gasteiger partial charge is 0.366 e. The van der Waals surface area contributed by atoms with E-state index in [1.165, 1.54) is 0 Å². The number of aliphatic imine (C=N–C) groups is 1. The minimum atomic E-state index is 0.589. The molecule has 0 unspecified atom stereocenters. The van der Waals surface area contributed by atoms with Gasteiger partial charge >= 0.3 is 0 Å². The molecular weight excluding hydrogens is 317 g/mol. The van der Waals surface area contributed by atoms with E-state index in [0.717, 1.165) is 29.2 Å². The van der Waals surface area contributed by atoms with Gasteiger partial charge in [0.2, 0.25) is 0 Å². The Kier molecular flexibility index (Phi) is 5.69. The molecule has 0 saturated heterocycles. The summed E-state index contributed by atoms with van der Waals surface area (Å²) in [6, 6.07) is 11.5. The maximum Gasteiger partial charge on any atom is 0.0910 e. The van der Waals surface area contributed by atoms with E-state index in [4.69, 9.17) is 23.2 Å². The summed E-state index contributed by atoms with van der Waals surface area (Å²) in [4.78, 5) is 6.45. The number of benzene rings is 2. The van der Waals surface area contributed by atoms with Crippen LogP contribution in [0.2, 0.25) is 10.0 Å². The first kappa shape index (κ1) is 16.7. The van der Waals surface area contributed by atoms with Gasteiger partial charge in [-0.1, -0.05) is 29.3 Å². The van der Waals surface area contributed by atoms with Gasteiger partial charge in [-0.25, -0.2) is 4.99 Å². The molecule has 0 aromatic heterocycles. The van der Waals surface area contributed by atoms with E-state index in [2.05, 4.69) is 17.2 Å². The average Bonchev–Trinajstić information content (AvgIpc) is 2.48. The Morgan fingerprint density at radius 1 is 1.23 bits per heavy atom. The van der Waals surface area contributed by atoms with Gasteiger partial charge in [0.1, 0.15) is 0 Å². The second-order valence-corrected chi connectivity index (χ2v) is 5.91. The van der Waals surface area contributed by atoms with Crippen molar-refractivity contribution < 1.29 is 0 Å². The Bertz CT molecular complexity index is 684. The van der Waals surface area contributed by atoms with E-state index >= 15 is 0 Å². The molecule has 0 heterocycles. The highest BCUT2D eigenvalue weighted by Crippen LogP contribution is 2.35. The molecule has 0 aliphatic heterocycles. The zero-order valence-corrected chi connectivity index (χ0v) is 14.4. The van der Waals surface area contributed by atoms with Crippen LogP contribution in [0.25, 0.3) is 0 Å². The van der Waals surface area contributed by atoms with E-state index in [1.54, 1.807) is 6.34 Å². The van der Waals surface area contributed by atoms with Gasteiger partial charge in [0.15, 0.2) is 0 Å². The van der Waals surface area contributed by atoms with Crippen LogP contribution in [-0.2, 0) is 0 Å². The van der Waals surface area contributed by atoms with Crippen molar-refractivity contribution in [1.29, 1.82) is 0 Å². The Balaban J connectivity index is 2.32. The summed E-state index contributed by atoms with van der Waals surface area (Å²) in [6.45, 7) is 4.97. The molecule has 0 atom stereocenters. The zero-order valence-electron chi connectivity index (χ0n) is 12.9. The second-order valence-electron chi connectivity index (χ2n) is 5.10. The minimum Gasteiger partial charge on any atom is -0.366 e. The fraction of sp³-hybridized carbons (Fsp3) is 0.235. The first-order valence-corrected chi connectivity index (χ1v) is 7.82. The van der Waals surface area contributed by atoms with Gasteiger partial charge < -0.3 is 10.2 Å². The third kappa shape index (κ3) is 4.39. The number of hydrogen-bond acceptors (Lipinski definition) is 2. The van der Waals surface area contributed by atoms with Gasteiger partial charge in [0.25, 0.3) is 0 Å². The molecule has 0 fully saturated rings. The molecule has 2 aromatic carbocycles. The molecule has 0 spiro atoms. The summed E-state index contributed by atoms with van der Waals surface area (Å²) < 4.78 is 0. The second kappa shape index (κ2) is 7.52. The van der Waals surface area contributed by atoms with Crippen molar-refractivity contribution in [2.45, 2.75) is 13.8 Å². The van der Waals surface area contributed by atoms with Gasteiger partial charge in [0, 0.05) is 24.3 Å². The number of rotatable bonds is 5. The van der Waals surface area contributed by atoms with Gasteiger partial charge in [-0.05, 0) is 49.7 Å². The Morgan fingerprint density at radius 3 is 2.68 bits per heavy atom. The van der Waals surface area contributed by atoms with Crippen LogP contribution in [0.4, 0.5) is 17.1 Å². The van der Waals surface area contributed by atoms with Gasteiger partial charge in [-0.2, -0.15) is 0 Å². The van der Waals surface area contributed by atoms with Gasteiger partial charge in [-0.15, -0.1) is 0 Å². The first-order chi connectivity index (χ1) is 10.5. The summed E-state index contributed by atoms with van der Waals surface area (Å²) in [5, 5.41) is 4.56. The molecule has 2 aromatic rings. The fourth-order valence-electron chi connectivity index (χ4n) is 1.90. The third-order valence-corrected chi connectivity index (χ3v) is 3.83. The van der Waals surface area contributed by atoms with E-state index in [0.29, 0.717) is 10.0 Å². The molecule has 1 N–H and O–H groups in total. The SMILES string of the molecule is CCN(C)/C=N\c1cc(C)cc(Nc2cccc(Cl)c2)c1Cl. The number of anilines is 2. The van der Waals surface area contributed by atoms with E-state index < -0.39 is 0 Å². The van der Waals surface area contributed by atoms with Crippen molar-refractivity contribution in [3.63, 3.8) is 0 Å². The molecule has 3 nitrogen and oxygen atoms in total. The molecule has 22 heavy (non-hydrogen) atoms. The smallest absolute Gasteiger partial charge is 0.0910 e. The number of aryl methyl sites for hydroxylation is 1. The molecule has 0 radical (unpaired) electrons. The topological polar surface area (TPSA) is 27.6 Å². The summed E-state index contributed by atoms with van der Waals surface area (Å²) in [5.74, 6) is 0. The van der Waals surface area contributed by atoms with Crippen molar-refractivity contribution in [2.24, 2.45) is 4.99 Å². The lowest BCUT2D eigenvalue weighted by Crippen LogP contribution is -2.14. The summed E-state index contributed by atoms with van der Waals surface area (Å²) in [7, 11) is 1.97. The quantitative estimate of drug-likeness (QED) is 0.564. The molecule has 2 rings (SSSR count). The molecule has 0 bridgehead atoms. The normalized spacial score (nSPS) is 11.0. The van der Waals surface area contributed by atoms with Crippen molar-refractivity contribution in [1.82, 2.24) is 4.90 Å². The van der Waals surface area contributed by atoms with Crippen molar-refractivity contribution in [3.05, 3.63) is 52.0 Å². The lowest BCUT2D eigenvalue weighted by Gasteiger charge is -2.13.